The molecule has 1 aromatic carbocycles. The Morgan fingerprint density at radius 1 is 1.42 bits per heavy atom. The highest BCUT2D eigenvalue weighted by atomic mass is 16.5. The molecule has 0 aliphatic heterocycles. The third-order valence-electron chi connectivity index (χ3n) is 3.33. The lowest BCUT2D eigenvalue weighted by atomic mass is 10.1. The summed E-state index contributed by atoms with van der Waals surface area (Å²) >= 11 is 0. The smallest absolute Gasteiger partial charge is 0.193 e. The Kier molecular flexibility index (Phi) is 4.30. The van der Waals surface area contributed by atoms with Crippen molar-refractivity contribution < 1.29 is 4.74 Å². The van der Waals surface area contributed by atoms with E-state index in [-0.39, 0.29) is 0 Å². The van der Waals surface area contributed by atoms with E-state index in [9.17, 15) is 0 Å². The topological polar surface area (TPSA) is 59.6 Å². The van der Waals surface area contributed by atoms with E-state index >= 15 is 0 Å². The Bertz CT molecular complexity index is 439. The maximum Gasteiger partial charge on any atom is 0.193 e. The molecule has 0 spiro atoms. The van der Waals surface area contributed by atoms with Gasteiger partial charge in [0.05, 0.1) is 13.2 Å². The lowest BCUT2D eigenvalue weighted by molar-refractivity contribution is 0.415. The van der Waals surface area contributed by atoms with Crippen LogP contribution in [0.4, 0.5) is 5.69 Å². The Morgan fingerprint density at radius 3 is 2.68 bits per heavy atom. The fourth-order valence-corrected chi connectivity index (χ4v) is 2.28. The predicted octanol–water partition coefficient (Wildman–Crippen LogP) is 2.86. The number of benzene rings is 1. The van der Waals surface area contributed by atoms with E-state index in [1.165, 1.54) is 12.8 Å². The number of aliphatic imine (C=N–C) groups is 1. The summed E-state index contributed by atoms with van der Waals surface area (Å²) in [7, 11) is 1.65. The van der Waals surface area contributed by atoms with Gasteiger partial charge in [0.2, 0.25) is 0 Å². The van der Waals surface area contributed by atoms with Crippen molar-refractivity contribution >= 4 is 11.6 Å². The maximum absolute atomic E-state index is 5.92. The second-order valence-electron chi connectivity index (χ2n) is 5.56. The molecule has 4 heteroatoms. The normalized spacial score (nSPS) is 22.4. The van der Waals surface area contributed by atoms with Gasteiger partial charge in [0.1, 0.15) is 5.75 Å². The van der Waals surface area contributed by atoms with Crippen molar-refractivity contribution in [1.82, 2.24) is 0 Å². The Balaban J connectivity index is 1.85. The molecule has 0 radical (unpaired) electrons. The van der Waals surface area contributed by atoms with E-state index < -0.39 is 0 Å². The molecule has 19 heavy (non-hydrogen) atoms. The summed E-state index contributed by atoms with van der Waals surface area (Å²) in [5.41, 5.74) is 6.85. The average Bonchev–Trinajstić information content (AvgIpc) is 3.06. The number of guanidine groups is 1. The molecule has 1 aliphatic carbocycles. The number of methoxy groups -OCH3 is 1. The number of ether oxygens (including phenoxy) is 1. The minimum atomic E-state index is 0.410. The quantitative estimate of drug-likeness (QED) is 0.633. The van der Waals surface area contributed by atoms with Crippen LogP contribution in [0.1, 0.15) is 26.7 Å². The van der Waals surface area contributed by atoms with E-state index in [0.29, 0.717) is 12.0 Å². The minimum absolute atomic E-state index is 0.410. The average molecular weight is 261 g/mol. The molecular formula is C15H23N3O. The number of anilines is 1. The zero-order valence-corrected chi connectivity index (χ0v) is 11.9. The highest BCUT2D eigenvalue weighted by Crippen LogP contribution is 2.38. The first-order valence-electron chi connectivity index (χ1n) is 6.83. The summed E-state index contributed by atoms with van der Waals surface area (Å²) in [5, 5.41) is 3.11. The van der Waals surface area contributed by atoms with Crippen LogP contribution in [-0.2, 0) is 0 Å². The zero-order chi connectivity index (χ0) is 13.8. The van der Waals surface area contributed by atoms with Gasteiger partial charge in [-0.15, -0.1) is 0 Å². The van der Waals surface area contributed by atoms with Gasteiger partial charge in [-0.2, -0.15) is 0 Å². The molecule has 1 aromatic rings. The number of nitrogens with two attached hydrogens (primary N) is 1. The molecule has 2 atom stereocenters. The first-order valence-corrected chi connectivity index (χ1v) is 6.83. The van der Waals surface area contributed by atoms with Gasteiger partial charge in [-0.3, -0.25) is 0 Å². The minimum Gasteiger partial charge on any atom is -0.497 e. The number of rotatable bonds is 5. The van der Waals surface area contributed by atoms with E-state index in [1.807, 2.05) is 24.3 Å². The second-order valence-corrected chi connectivity index (χ2v) is 5.56. The first kappa shape index (κ1) is 13.7. The first-order chi connectivity index (χ1) is 9.08. The van der Waals surface area contributed by atoms with Gasteiger partial charge in [-0.05, 0) is 48.9 Å². The monoisotopic (exact) mass is 261 g/mol. The molecule has 104 valence electrons. The van der Waals surface area contributed by atoms with Crippen molar-refractivity contribution in [2.45, 2.75) is 32.7 Å². The Morgan fingerprint density at radius 2 is 2.11 bits per heavy atom. The molecule has 0 unspecified atom stereocenters. The third kappa shape index (κ3) is 4.16. The number of nitrogens with zero attached hydrogens (tertiary/aromatic N) is 1. The number of hydrogen-bond acceptors (Lipinski definition) is 2. The van der Waals surface area contributed by atoms with Crippen LogP contribution >= 0.6 is 0 Å². The van der Waals surface area contributed by atoms with Crippen LogP contribution in [0.3, 0.4) is 0 Å². The molecule has 0 amide bonds. The molecule has 0 saturated heterocycles. The van der Waals surface area contributed by atoms with Crippen LogP contribution in [-0.4, -0.2) is 19.1 Å². The van der Waals surface area contributed by atoms with Crippen molar-refractivity contribution in [3.63, 3.8) is 0 Å². The van der Waals surface area contributed by atoms with E-state index in [2.05, 4.69) is 24.2 Å². The van der Waals surface area contributed by atoms with Gasteiger partial charge < -0.3 is 15.8 Å². The Hall–Kier alpha value is -1.71. The molecule has 1 aliphatic rings. The molecule has 1 fully saturated rings. The zero-order valence-electron chi connectivity index (χ0n) is 11.9. The lowest BCUT2D eigenvalue weighted by Gasteiger charge is -2.07. The summed E-state index contributed by atoms with van der Waals surface area (Å²) in [6.07, 6.45) is 2.41. The van der Waals surface area contributed by atoms with E-state index in [0.717, 1.165) is 23.3 Å². The van der Waals surface area contributed by atoms with Crippen molar-refractivity contribution in [2.75, 3.05) is 12.4 Å². The predicted molar refractivity (Wildman–Crippen MR) is 79.6 cm³/mol. The van der Waals surface area contributed by atoms with Gasteiger partial charge in [0, 0.05) is 5.69 Å². The van der Waals surface area contributed by atoms with Gasteiger partial charge in [-0.25, -0.2) is 4.99 Å². The largest absolute Gasteiger partial charge is 0.497 e. The summed E-state index contributed by atoms with van der Waals surface area (Å²) in [6, 6.07) is 8.07. The van der Waals surface area contributed by atoms with Crippen LogP contribution in [0.15, 0.2) is 29.3 Å². The SMILES string of the molecule is COc1ccc(NC(N)=N[C@@H]2C[C@H]2CC(C)C)cc1. The van der Waals surface area contributed by atoms with E-state index in [1.54, 1.807) is 7.11 Å². The highest BCUT2D eigenvalue weighted by molar-refractivity contribution is 5.92. The van der Waals surface area contributed by atoms with Crippen molar-refractivity contribution in [3.05, 3.63) is 24.3 Å². The van der Waals surface area contributed by atoms with Crippen molar-refractivity contribution in [2.24, 2.45) is 22.6 Å². The summed E-state index contributed by atoms with van der Waals surface area (Å²) in [4.78, 5) is 4.51. The maximum atomic E-state index is 5.92. The third-order valence-corrected chi connectivity index (χ3v) is 3.33. The summed E-state index contributed by atoms with van der Waals surface area (Å²) < 4.78 is 5.11. The molecule has 0 heterocycles. The van der Waals surface area contributed by atoms with Crippen LogP contribution < -0.4 is 15.8 Å². The fraction of sp³-hybridized carbons (Fsp3) is 0.533. The number of nitrogens with one attached hydrogen (secondary N) is 1. The standard InChI is InChI=1S/C15H23N3O/c1-10(2)8-11-9-14(11)18-15(16)17-12-4-6-13(19-3)7-5-12/h4-7,10-11,14H,8-9H2,1-3H3,(H3,16,17,18)/t11-,14-/m1/s1. The lowest BCUT2D eigenvalue weighted by Crippen LogP contribution is -2.23. The molecule has 2 rings (SSSR count). The molecule has 3 N–H and O–H groups in total. The van der Waals surface area contributed by atoms with Gasteiger partial charge in [0.25, 0.3) is 0 Å². The Labute approximate surface area is 115 Å². The fourth-order valence-electron chi connectivity index (χ4n) is 2.28. The number of hydrogen-bond donors (Lipinski definition) is 2. The molecule has 0 aromatic heterocycles. The van der Waals surface area contributed by atoms with Gasteiger partial charge in [-0.1, -0.05) is 13.8 Å². The highest BCUT2D eigenvalue weighted by Gasteiger charge is 2.37. The molecule has 0 bridgehead atoms. The van der Waals surface area contributed by atoms with Crippen LogP contribution in [0.2, 0.25) is 0 Å². The van der Waals surface area contributed by atoms with Gasteiger partial charge in [0.15, 0.2) is 5.96 Å². The van der Waals surface area contributed by atoms with E-state index in [4.69, 9.17) is 10.5 Å². The second kappa shape index (κ2) is 5.95. The van der Waals surface area contributed by atoms with Crippen LogP contribution in [0.25, 0.3) is 0 Å². The molecule has 4 nitrogen and oxygen atoms in total. The molecular weight excluding hydrogens is 238 g/mol. The van der Waals surface area contributed by atoms with Crippen LogP contribution in [0, 0.1) is 11.8 Å². The summed E-state index contributed by atoms with van der Waals surface area (Å²) in [6.45, 7) is 4.50. The van der Waals surface area contributed by atoms with Crippen LogP contribution in [0.5, 0.6) is 5.75 Å². The molecule has 1 saturated carbocycles. The summed E-state index contributed by atoms with van der Waals surface area (Å²) in [5.74, 6) is 2.79. The van der Waals surface area contributed by atoms with Crippen molar-refractivity contribution in [1.29, 1.82) is 0 Å². The van der Waals surface area contributed by atoms with Crippen molar-refractivity contribution in [3.8, 4) is 5.75 Å². The van der Waals surface area contributed by atoms with Gasteiger partial charge >= 0.3 is 0 Å².